The molecule has 1 saturated heterocycles. The lowest BCUT2D eigenvalue weighted by Crippen LogP contribution is -2.52. The number of carbonyl (C=O) groups is 2. The van der Waals surface area contributed by atoms with E-state index in [1.54, 1.807) is 6.92 Å². The van der Waals surface area contributed by atoms with E-state index in [0.29, 0.717) is 19.4 Å². The molecule has 3 N–H and O–H groups in total. The minimum absolute atomic E-state index is 0.0328. The first-order chi connectivity index (χ1) is 10.3. The Morgan fingerprint density at radius 2 is 2.14 bits per heavy atom. The molecule has 1 aromatic rings. The van der Waals surface area contributed by atoms with E-state index in [1.807, 2.05) is 0 Å². The number of benzene rings is 1. The molecule has 2 atom stereocenters. The number of hydrogen-bond donors (Lipinski definition) is 2. The smallest absolute Gasteiger partial charge is 0.326 e. The molecule has 0 spiro atoms. The van der Waals surface area contributed by atoms with Crippen molar-refractivity contribution in [3.63, 3.8) is 0 Å². The first-order valence-corrected chi connectivity index (χ1v) is 6.91. The molecule has 0 aromatic heterocycles. The zero-order valence-electron chi connectivity index (χ0n) is 12.1. The Labute approximate surface area is 126 Å². The van der Waals surface area contributed by atoms with Crippen molar-refractivity contribution in [1.82, 2.24) is 4.90 Å². The number of nitro benzene ring substituents is 1. The van der Waals surface area contributed by atoms with Crippen LogP contribution in [0.4, 0.5) is 11.4 Å². The maximum Gasteiger partial charge on any atom is 0.326 e. The van der Waals surface area contributed by atoms with E-state index >= 15 is 0 Å². The van der Waals surface area contributed by atoms with Crippen molar-refractivity contribution in [1.29, 1.82) is 0 Å². The predicted octanol–water partition coefficient (Wildman–Crippen LogP) is 1.50. The maximum atomic E-state index is 12.6. The predicted molar refractivity (Wildman–Crippen MR) is 78.4 cm³/mol. The number of likely N-dealkylation sites (tertiary alicyclic amines) is 1. The third-order valence-electron chi connectivity index (χ3n) is 3.96. The topological polar surface area (TPSA) is 127 Å². The SMILES string of the molecule is CC1CCCN(C(=O)c2cccc([N+](=O)[O-])c2N)C1C(=O)O. The van der Waals surface area contributed by atoms with Gasteiger partial charge in [0.1, 0.15) is 11.7 Å². The maximum absolute atomic E-state index is 12.6. The van der Waals surface area contributed by atoms with Crippen LogP contribution < -0.4 is 5.73 Å². The largest absolute Gasteiger partial charge is 0.480 e. The van der Waals surface area contributed by atoms with Gasteiger partial charge in [-0.25, -0.2) is 4.79 Å². The number of rotatable bonds is 3. The van der Waals surface area contributed by atoms with Crippen LogP contribution >= 0.6 is 0 Å². The quantitative estimate of drug-likeness (QED) is 0.495. The Balaban J connectivity index is 2.40. The average molecular weight is 307 g/mol. The van der Waals surface area contributed by atoms with Crippen molar-refractivity contribution < 1.29 is 19.6 Å². The molecule has 2 rings (SSSR count). The third kappa shape index (κ3) is 2.72. The van der Waals surface area contributed by atoms with Gasteiger partial charge in [-0.2, -0.15) is 0 Å². The Kier molecular flexibility index (Phi) is 4.30. The summed E-state index contributed by atoms with van der Waals surface area (Å²) >= 11 is 0. The van der Waals surface area contributed by atoms with Crippen LogP contribution in [0.5, 0.6) is 0 Å². The molecule has 1 heterocycles. The van der Waals surface area contributed by atoms with Gasteiger partial charge < -0.3 is 15.7 Å². The number of amides is 1. The number of anilines is 1. The van der Waals surface area contributed by atoms with Crippen LogP contribution in [-0.2, 0) is 4.79 Å². The van der Waals surface area contributed by atoms with E-state index in [1.165, 1.54) is 23.1 Å². The zero-order valence-corrected chi connectivity index (χ0v) is 12.1. The van der Waals surface area contributed by atoms with Crippen molar-refractivity contribution in [3.8, 4) is 0 Å². The highest BCUT2D eigenvalue weighted by atomic mass is 16.6. The van der Waals surface area contributed by atoms with Gasteiger partial charge >= 0.3 is 5.97 Å². The fraction of sp³-hybridized carbons (Fsp3) is 0.429. The van der Waals surface area contributed by atoms with Crippen molar-refractivity contribution >= 4 is 23.3 Å². The molecular formula is C14H17N3O5. The van der Waals surface area contributed by atoms with E-state index in [0.717, 1.165) is 0 Å². The number of nitrogen functional groups attached to an aromatic ring is 1. The number of hydrogen-bond acceptors (Lipinski definition) is 5. The number of nitro groups is 1. The highest BCUT2D eigenvalue weighted by molar-refractivity contribution is 6.02. The Morgan fingerprint density at radius 1 is 1.45 bits per heavy atom. The second kappa shape index (κ2) is 6.00. The normalized spacial score (nSPS) is 21.4. The van der Waals surface area contributed by atoms with Crippen LogP contribution in [0, 0.1) is 16.0 Å². The number of carboxylic acid groups (broad SMARTS) is 1. The fourth-order valence-electron chi connectivity index (χ4n) is 2.85. The number of carbonyl (C=O) groups excluding carboxylic acids is 1. The Bertz CT molecular complexity index is 631. The molecule has 0 saturated carbocycles. The van der Waals surface area contributed by atoms with Crippen LogP contribution in [-0.4, -0.2) is 39.4 Å². The van der Waals surface area contributed by atoms with Crippen LogP contribution in [0.15, 0.2) is 18.2 Å². The summed E-state index contributed by atoms with van der Waals surface area (Å²) in [6.45, 7) is 2.07. The molecule has 0 bridgehead atoms. The molecular weight excluding hydrogens is 290 g/mol. The summed E-state index contributed by atoms with van der Waals surface area (Å²) in [7, 11) is 0. The van der Waals surface area contributed by atoms with Gasteiger partial charge in [0.2, 0.25) is 0 Å². The van der Waals surface area contributed by atoms with E-state index < -0.39 is 22.8 Å². The molecule has 1 aliphatic rings. The van der Waals surface area contributed by atoms with Crippen LogP contribution in [0.2, 0.25) is 0 Å². The summed E-state index contributed by atoms with van der Waals surface area (Å²) < 4.78 is 0. The summed E-state index contributed by atoms with van der Waals surface area (Å²) in [5, 5.41) is 20.3. The van der Waals surface area contributed by atoms with Crippen LogP contribution in [0.1, 0.15) is 30.1 Å². The number of nitrogens with zero attached hydrogens (tertiary/aromatic N) is 2. The average Bonchev–Trinajstić information content (AvgIpc) is 2.45. The number of piperidine rings is 1. The van der Waals surface area contributed by atoms with Gasteiger partial charge in [-0.05, 0) is 24.8 Å². The highest BCUT2D eigenvalue weighted by Crippen LogP contribution is 2.30. The van der Waals surface area contributed by atoms with Gasteiger partial charge in [0, 0.05) is 12.6 Å². The fourth-order valence-corrected chi connectivity index (χ4v) is 2.85. The zero-order chi connectivity index (χ0) is 16.4. The molecule has 8 heteroatoms. The summed E-state index contributed by atoms with van der Waals surface area (Å²) in [5.41, 5.74) is 5.08. The van der Waals surface area contributed by atoms with Crippen LogP contribution in [0.25, 0.3) is 0 Å². The molecule has 0 aliphatic carbocycles. The van der Waals surface area contributed by atoms with E-state index in [4.69, 9.17) is 5.73 Å². The minimum atomic E-state index is -1.08. The van der Waals surface area contributed by atoms with E-state index in [-0.39, 0.29) is 22.9 Å². The third-order valence-corrected chi connectivity index (χ3v) is 3.96. The van der Waals surface area contributed by atoms with Crippen molar-refractivity contribution in [2.75, 3.05) is 12.3 Å². The van der Waals surface area contributed by atoms with Gasteiger partial charge in [0.15, 0.2) is 0 Å². The van der Waals surface area contributed by atoms with Crippen molar-refractivity contribution in [2.45, 2.75) is 25.8 Å². The van der Waals surface area contributed by atoms with Crippen molar-refractivity contribution in [2.24, 2.45) is 5.92 Å². The summed E-state index contributed by atoms with van der Waals surface area (Å²) in [6.07, 6.45) is 1.40. The number of para-hydroxylation sites is 1. The second-order valence-corrected chi connectivity index (χ2v) is 5.40. The Morgan fingerprint density at radius 3 is 2.73 bits per heavy atom. The van der Waals surface area contributed by atoms with E-state index in [9.17, 15) is 24.8 Å². The molecule has 22 heavy (non-hydrogen) atoms. The molecule has 1 fully saturated rings. The first-order valence-electron chi connectivity index (χ1n) is 6.91. The lowest BCUT2D eigenvalue weighted by Gasteiger charge is -2.37. The van der Waals surface area contributed by atoms with Crippen molar-refractivity contribution in [3.05, 3.63) is 33.9 Å². The standard InChI is InChI=1S/C14H17N3O5/c1-8-4-3-7-16(12(8)14(19)20)13(18)9-5-2-6-10(11(9)15)17(21)22/h2,5-6,8,12H,3-4,7,15H2,1H3,(H,19,20). The van der Waals surface area contributed by atoms with Gasteiger partial charge in [0.05, 0.1) is 10.5 Å². The van der Waals surface area contributed by atoms with E-state index in [2.05, 4.69) is 0 Å². The summed E-state index contributed by atoms with van der Waals surface area (Å²) in [5.74, 6) is -1.85. The van der Waals surface area contributed by atoms with Crippen LogP contribution in [0.3, 0.4) is 0 Å². The molecule has 118 valence electrons. The number of carboxylic acids is 1. The minimum Gasteiger partial charge on any atom is -0.480 e. The second-order valence-electron chi connectivity index (χ2n) is 5.40. The number of nitrogens with two attached hydrogens (primary N) is 1. The van der Waals surface area contributed by atoms with Gasteiger partial charge in [-0.1, -0.05) is 13.0 Å². The monoisotopic (exact) mass is 307 g/mol. The van der Waals surface area contributed by atoms with Gasteiger partial charge in [-0.15, -0.1) is 0 Å². The highest BCUT2D eigenvalue weighted by Gasteiger charge is 2.38. The molecule has 1 aromatic carbocycles. The number of aliphatic carboxylic acids is 1. The lowest BCUT2D eigenvalue weighted by atomic mass is 9.90. The van der Waals surface area contributed by atoms with Gasteiger partial charge in [0.25, 0.3) is 11.6 Å². The first kappa shape index (κ1) is 15.7. The Hall–Kier alpha value is -2.64. The summed E-state index contributed by atoms with van der Waals surface area (Å²) in [4.78, 5) is 35.5. The molecule has 0 radical (unpaired) electrons. The molecule has 2 unspecified atom stereocenters. The van der Waals surface area contributed by atoms with Gasteiger partial charge in [-0.3, -0.25) is 14.9 Å². The molecule has 1 aliphatic heterocycles. The molecule has 8 nitrogen and oxygen atoms in total. The lowest BCUT2D eigenvalue weighted by molar-refractivity contribution is -0.383. The molecule has 1 amide bonds. The summed E-state index contributed by atoms with van der Waals surface area (Å²) in [6, 6.07) is 3.01.